The van der Waals surface area contributed by atoms with E-state index in [4.69, 9.17) is 5.84 Å². The summed E-state index contributed by atoms with van der Waals surface area (Å²) in [7, 11) is 0. The molecule has 0 aliphatic rings. The second-order valence-corrected chi connectivity index (χ2v) is 6.01. The molecule has 1 unspecified atom stereocenters. The quantitative estimate of drug-likeness (QED) is 0.639. The second-order valence-electron chi connectivity index (χ2n) is 5.09. The van der Waals surface area contributed by atoms with E-state index in [1.807, 2.05) is 0 Å². The fraction of sp³-hybridized carbons (Fsp3) is 0.294. The van der Waals surface area contributed by atoms with E-state index in [9.17, 15) is 0 Å². The van der Waals surface area contributed by atoms with Crippen molar-refractivity contribution in [3.63, 3.8) is 0 Å². The summed E-state index contributed by atoms with van der Waals surface area (Å²) in [6, 6.07) is 15.2. The van der Waals surface area contributed by atoms with E-state index in [-0.39, 0.29) is 6.04 Å². The maximum absolute atomic E-state index is 5.76. The number of hydrogen-bond donors (Lipinski definition) is 2. The van der Waals surface area contributed by atoms with Gasteiger partial charge in [-0.2, -0.15) is 0 Å². The zero-order chi connectivity index (χ0) is 14.5. The van der Waals surface area contributed by atoms with Crippen LogP contribution in [0.25, 0.3) is 0 Å². The standard InChI is InChI=1S/C17H21BrN2/c1-3-13-5-7-14(8-6-13)10-17(20-19)16-11-15(18)9-4-12(16)2/h4-9,11,17,20H,3,10,19H2,1-2H3. The monoisotopic (exact) mass is 332 g/mol. The summed E-state index contributed by atoms with van der Waals surface area (Å²) in [5, 5.41) is 0. The second kappa shape index (κ2) is 7.02. The van der Waals surface area contributed by atoms with Crippen molar-refractivity contribution >= 4 is 15.9 Å². The largest absolute Gasteiger partial charge is 0.271 e. The van der Waals surface area contributed by atoms with Crippen LogP contribution in [0.2, 0.25) is 0 Å². The van der Waals surface area contributed by atoms with Gasteiger partial charge in [-0.15, -0.1) is 0 Å². The van der Waals surface area contributed by atoms with Gasteiger partial charge in [0.05, 0.1) is 6.04 Å². The Kier molecular flexibility index (Phi) is 5.35. The summed E-state index contributed by atoms with van der Waals surface area (Å²) in [4.78, 5) is 0. The van der Waals surface area contributed by atoms with Gasteiger partial charge in [0.1, 0.15) is 0 Å². The van der Waals surface area contributed by atoms with E-state index in [0.717, 1.165) is 17.3 Å². The first-order valence-electron chi connectivity index (χ1n) is 6.94. The molecule has 3 heteroatoms. The van der Waals surface area contributed by atoms with Crippen molar-refractivity contribution in [2.24, 2.45) is 5.84 Å². The number of halogens is 1. The van der Waals surface area contributed by atoms with Gasteiger partial charge in [-0.3, -0.25) is 11.3 Å². The highest BCUT2D eigenvalue weighted by molar-refractivity contribution is 9.10. The SMILES string of the molecule is CCc1ccc(CC(NN)c2cc(Br)ccc2C)cc1. The van der Waals surface area contributed by atoms with Gasteiger partial charge in [0, 0.05) is 4.47 Å². The molecule has 0 amide bonds. The molecule has 0 aliphatic heterocycles. The predicted octanol–water partition coefficient (Wildman–Crippen LogP) is 4.07. The lowest BCUT2D eigenvalue weighted by molar-refractivity contribution is 0.549. The van der Waals surface area contributed by atoms with Gasteiger partial charge in [-0.25, -0.2) is 0 Å². The Labute approximate surface area is 129 Å². The number of hydrazine groups is 1. The third kappa shape index (κ3) is 3.69. The van der Waals surface area contributed by atoms with E-state index in [2.05, 4.69) is 77.7 Å². The first-order valence-corrected chi connectivity index (χ1v) is 7.73. The van der Waals surface area contributed by atoms with E-state index in [1.165, 1.54) is 22.3 Å². The Balaban J connectivity index is 2.21. The summed E-state index contributed by atoms with van der Waals surface area (Å²) in [6.07, 6.45) is 1.96. The van der Waals surface area contributed by atoms with E-state index in [1.54, 1.807) is 0 Å². The molecule has 0 fully saturated rings. The molecule has 1 atom stereocenters. The third-order valence-corrected chi connectivity index (χ3v) is 4.18. The third-order valence-electron chi connectivity index (χ3n) is 3.69. The van der Waals surface area contributed by atoms with Crippen LogP contribution >= 0.6 is 15.9 Å². The lowest BCUT2D eigenvalue weighted by atomic mass is 9.95. The minimum Gasteiger partial charge on any atom is -0.271 e. The molecule has 0 aromatic heterocycles. The summed E-state index contributed by atoms with van der Waals surface area (Å²) >= 11 is 3.53. The Bertz CT molecular complexity index is 564. The van der Waals surface area contributed by atoms with Crippen LogP contribution in [0.3, 0.4) is 0 Å². The average molecular weight is 333 g/mol. The number of benzene rings is 2. The Morgan fingerprint density at radius 3 is 2.35 bits per heavy atom. The molecule has 2 aromatic rings. The highest BCUT2D eigenvalue weighted by atomic mass is 79.9. The molecule has 0 heterocycles. The highest BCUT2D eigenvalue weighted by Gasteiger charge is 2.13. The molecule has 2 nitrogen and oxygen atoms in total. The van der Waals surface area contributed by atoms with Crippen molar-refractivity contribution in [2.75, 3.05) is 0 Å². The van der Waals surface area contributed by atoms with Gasteiger partial charge in [0.25, 0.3) is 0 Å². The zero-order valence-electron chi connectivity index (χ0n) is 12.0. The van der Waals surface area contributed by atoms with Gasteiger partial charge < -0.3 is 0 Å². The van der Waals surface area contributed by atoms with Crippen LogP contribution in [0.15, 0.2) is 46.9 Å². The molecular formula is C17H21BrN2. The van der Waals surface area contributed by atoms with Gasteiger partial charge in [0.15, 0.2) is 0 Å². The van der Waals surface area contributed by atoms with Crippen LogP contribution in [-0.4, -0.2) is 0 Å². The summed E-state index contributed by atoms with van der Waals surface area (Å²) < 4.78 is 1.08. The number of nitrogens with one attached hydrogen (secondary N) is 1. The molecule has 0 bridgehead atoms. The van der Waals surface area contributed by atoms with Crippen molar-refractivity contribution in [1.29, 1.82) is 0 Å². The van der Waals surface area contributed by atoms with Gasteiger partial charge in [-0.05, 0) is 54.2 Å². The van der Waals surface area contributed by atoms with Crippen LogP contribution in [0, 0.1) is 6.92 Å². The summed E-state index contributed by atoms with van der Waals surface area (Å²) in [5.74, 6) is 5.76. The zero-order valence-corrected chi connectivity index (χ0v) is 13.6. The van der Waals surface area contributed by atoms with Crippen LogP contribution in [-0.2, 0) is 12.8 Å². The summed E-state index contributed by atoms with van der Waals surface area (Å²) in [5.41, 5.74) is 8.09. The first kappa shape index (κ1) is 15.2. The molecule has 20 heavy (non-hydrogen) atoms. The molecule has 3 N–H and O–H groups in total. The highest BCUT2D eigenvalue weighted by Crippen LogP contribution is 2.24. The van der Waals surface area contributed by atoms with Crippen LogP contribution in [0.4, 0.5) is 0 Å². The van der Waals surface area contributed by atoms with Crippen molar-refractivity contribution in [3.8, 4) is 0 Å². The minimum atomic E-state index is 0.125. The van der Waals surface area contributed by atoms with Gasteiger partial charge in [-0.1, -0.05) is 53.2 Å². The topological polar surface area (TPSA) is 38.0 Å². The number of rotatable bonds is 5. The predicted molar refractivity (Wildman–Crippen MR) is 88.5 cm³/mol. The molecule has 2 rings (SSSR count). The molecule has 0 radical (unpaired) electrons. The normalized spacial score (nSPS) is 12.4. The average Bonchev–Trinajstić information content (AvgIpc) is 2.48. The van der Waals surface area contributed by atoms with Crippen molar-refractivity contribution in [3.05, 3.63) is 69.2 Å². The van der Waals surface area contributed by atoms with E-state index < -0.39 is 0 Å². The molecule has 0 aliphatic carbocycles. The maximum atomic E-state index is 5.76. The van der Waals surface area contributed by atoms with Crippen molar-refractivity contribution in [2.45, 2.75) is 32.7 Å². The van der Waals surface area contributed by atoms with Crippen molar-refractivity contribution in [1.82, 2.24) is 5.43 Å². The molecular weight excluding hydrogens is 312 g/mol. The first-order chi connectivity index (χ1) is 9.63. The van der Waals surface area contributed by atoms with E-state index in [0.29, 0.717) is 0 Å². The number of nitrogens with two attached hydrogens (primary N) is 1. The molecule has 0 saturated carbocycles. The Morgan fingerprint density at radius 2 is 1.75 bits per heavy atom. The Morgan fingerprint density at radius 1 is 1.10 bits per heavy atom. The maximum Gasteiger partial charge on any atom is 0.0503 e. The smallest absolute Gasteiger partial charge is 0.0503 e. The van der Waals surface area contributed by atoms with E-state index >= 15 is 0 Å². The van der Waals surface area contributed by atoms with Crippen LogP contribution in [0.1, 0.15) is 35.2 Å². The summed E-state index contributed by atoms with van der Waals surface area (Å²) in [6.45, 7) is 4.29. The fourth-order valence-electron chi connectivity index (χ4n) is 2.39. The Hall–Kier alpha value is -1.16. The lowest BCUT2D eigenvalue weighted by Crippen LogP contribution is -2.30. The number of hydrogen-bond acceptors (Lipinski definition) is 2. The van der Waals surface area contributed by atoms with Gasteiger partial charge in [0.2, 0.25) is 0 Å². The fourth-order valence-corrected chi connectivity index (χ4v) is 2.77. The molecule has 106 valence electrons. The van der Waals surface area contributed by atoms with Crippen molar-refractivity contribution < 1.29 is 0 Å². The van der Waals surface area contributed by atoms with Crippen LogP contribution < -0.4 is 11.3 Å². The van der Waals surface area contributed by atoms with Crippen LogP contribution in [0.5, 0.6) is 0 Å². The minimum absolute atomic E-state index is 0.125. The molecule has 2 aromatic carbocycles. The molecule has 0 saturated heterocycles. The number of aryl methyl sites for hydroxylation is 2. The molecule has 0 spiro atoms. The lowest BCUT2D eigenvalue weighted by Gasteiger charge is -2.19. The van der Waals surface area contributed by atoms with Gasteiger partial charge >= 0.3 is 0 Å².